The third-order valence-electron chi connectivity index (χ3n) is 2.46. The summed E-state index contributed by atoms with van der Waals surface area (Å²) in [4.78, 5) is 24.9. The molecule has 0 aliphatic carbocycles. The minimum Gasteiger partial charge on any atom is -0.462 e. The van der Waals surface area contributed by atoms with Crippen LogP contribution in [0.2, 0.25) is 0 Å². The van der Waals surface area contributed by atoms with Gasteiger partial charge in [-0.3, -0.25) is 4.79 Å². The Morgan fingerprint density at radius 1 is 1.62 bits per heavy atom. The summed E-state index contributed by atoms with van der Waals surface area (Å²) in [5.41, 5.74) is 0.502. The Labute approximate surface area is 97.8 Å². The molecule has 2 heterocycles. The largest absolute Gasteiger partial charge is 0.462 e. The topological polar surface area (TPSA) is 46.6 Å². The molecule has 86 valence electrons. The summed E-state index contributed by atoms with van der Waals surface area (Å²) < 4.78 is 4.95. The summed E-state index contributed by atoms with van der Waals surface area (Å²) in [5.74, 6) is -0.258. The molecule has 5 heteroatoms. The minimum atomic E-state index is -0.349. The summed E-state index contributed by atoms with van der Waals surface area (Å²) in [6.45, 7) is 2.82. The third kappa shape index (κ3) is 1.95. The number of thiophene rings is 1. The molecule has 0 saturated carbocycles. The number of carbonyl (C=O) groups is 2. The number of ether oxygens (including phenoxy) is 1. The van der Waals surface area contributed by atoms with Gasteiger partial charge in [0.1, 0.15) is 5.00 Å². The van der Waals surface area contributed by atoms with E-state index in [1.165, 1.54) is 11.3 Å². The molecule has 16 heavy (non-hydrogen) atoms. The van der Waals surface area contributed by atoms with Crippen molar-refractivity contribution in [3.63, 3.8) is 0 Å². The zero-order chi connectivity index (χ0) is 11.5. The second kappa shape index (κ2) is 4.65. The molecule has 0 N–H and O–H groups in total. The Kier molecular flexibility index (Phi) is 3.24. The van der Waals surface area contributed by atoms with Gasteiger partial charge >= 0.3 is 5.97 Å². The smallest absolute Gasteiger partial charge is 0.341 e. The summed E-state index contributed by atoms with van der Waals surface area (Å²) in [7, 11) is 0. The fourth-order valence-electron chi connectivity index (χ4n) is 1.74. The van der Waals surface area contributed by atoms with E-state index >= 15 is 0 Å². The van der Waals surface area contributed by atoms with Gasteiger partial charge in [-0.2, -0.15) is 0 Å². The van der Waals surface area contributed by atoms with Crippen molar-refractivity contribution in [1.82, 2.24) is 0 Å². The lowest BCUT2D eigenvalue weighted by atomic mass is 10.3. The zero-order valence-electron chi connectivity index (χ0n) is 9.06. The van der Waals surface area contributed by atoms with Gasteiger partial charge in [-0.05, 0) is 24.8 Å². The van der Waals surface area contributed by atoms with Crippen molar-refractivity contribution in [3.8, 4) is 0 Å². The Morgan fingerprint density at radius 2 is 2.44 bits per heavy atom. The maximum atomic E-state index is 11.6. The fraction of sp³-hybridized carbons (Fsp3) is 0.455. The quantitative estimate of drug-likeness (QED) is 0.758. The fourth-order valence-corrected chi connectivity index (χ4v) is 2.67. The zero-order valence-corrected chi connectivity index (χ0v) is 9.88. The van der Waals surface area contributed by atoms with E-state index in [1.807, 2.05) is 5.38 Å². The number of carbonyl (C=O) groups excluding carboxylic acids is 2. The van der Waals surface area contributed by atoms with E-state index in [2.05, 4.69) is 0 Å². The first kappa shape index (κ1) is 11.1. The van der Waals surface area contributed by atoms with Crippen LogP contribution in [0.15, 0.2) is 11.4 Å². The number of hydrogen-bond acceptors (Lipinski definition) is 4. The minimum absolute atomic E-state index is 0.0907. The van der Waals surface area contributed by atoms with E-state index in [9.17, 15) is 9.59 Å². The monoisotopic (exact) mass is 239 g/mol. The first-order valence-electron chi connectivity index (χ1n) is 5.29. The molecule has 0 atom stereocenters. The van der Waals surface area contributed by atoms with E-state index in [0.29, 0.717) is 25.1 Å². The Bertz CT molecular complexity index is 413. The van der Waals surface area contributed by atoms with Crippen LogP contribution in [-0.4, -0.2) is 25.0 Å². The van der Waals surface area contributed by atoms with Crippen LogP contribution in [0.1, 0.15) is 30.1 Å². The molecular weight excluding hydrogens is 226 g/mol. The van der Waals surface area contributed by atoms with Gasteiger partial charge < -0.3 is 9.64 Å². The first-order chi connectivity index (χ1) is 7.74. The van der Waals surface area contributed by atoms with Crippen molar-refractivity contribution in [3.05, 3.63) is 17.0 Å². The molecule has 2 rings (SSSR count). The number of anilines is 1. The normalized spacial score (nSPS) is 15.6. The third-order valence-corrected chi connectivity index (χ3v) is 3.39. The van der Waals surface area contributed by atoms with Crippen molar-refractivity contribution in [2.45, 2.75) is 19.8 Å². The molecule has 1 amide bonds. The first-order valence-corrected chi connectivity index (χ1v) is 6.17. The standard InChI is InChI=1S/C11H13NO3S/c1-2-15-11(14)8-5-7-16-10(8)12-6-3-4-9(12)13/h5,7H,2-4,6H2,1H3. The van der Waals surface area contributed by atoms with Crippen molar-refractivity contribution in [2.75, 3.05) is 18.1 Å². The molecule has 1 aromatic rings. The van der Waals surface area contributed by atoms with Gasteiger partial charge in [-0.25, -0.2) is 4.79 Å². The highest BCUT2D eigenvalue weighted by Gasteiger charge is 2.27. The van der Waals surface area contributed by atoms with E-state index in [0.717, 1.165) is 11.4 Å². The predicted octanol–water partition coefficient (Wildman–Crippen LogP) is 2.05. The summed E-state index contributed by atoms with van der Waals surface area (Å²) in [5, 5.41) is 2.54. The summed E-state index contributed by atoms with van der Waals surface area (Å²) in [6, 6.07) is 1.71. The molecule has 0 radical (unpaired) electrons. The number of nitrogens with zero attached hydrogens (tertiary/aromatic N) is 1. The van der Waals surface area contributed by atoms with E-state index < -0.39 is 0 Å². The van der Waals surface area contributed by atoms with E-state index in [4.69, 9.17) is 4.74 Å². The van der Waals surface area contributed by atoms with Gasteiger partial charge in [-0.15, -0.1) is 11.3 Å². The lowest BCUT2D eigenvalue weighted by Crippen LogP contribution is -2.24. The molecule has 1 fully saturated rings. The van der Waals surface area contributed by atoms with Crippen LogP contribution in [0.3, 0.4) is 0 Å². The van der Waals surface area contributed by atoms with Crippen molar-refractivity contribution >= 4 is 28.2 Å². The van der Waals surface area contributed by atoms with E-state index in [1.54, 1.807) is 17.9 Å². The average Bonchev–Trinajstić information content (AvgIpc) is 2.85. The maximum absolute atomic E-state index is 11.6. The SMILES string of the molecule is CCOC(=O)c1ccsc1N1CCCC1=O. The lowest BCUT2D eigenvalue weighted by molar-refractivity contribution is -0.117. The highest BCUT2D eigenvalue weighted by molar-refractivity contribution is 7.14. The summed E-state index contributed by atoms with van der Waals surface area (Å²) >= 11 is 1.41. The highest BCUT2D eigenvalue weighted by Crippen LogP contribution is 2.31. The van der Waals surface area contributed by atoms with Crippen LogP contribution in [0, 0.1) is 0 Å². The van der Waals surface area contributed by atoms with Crippen LogP contribution in [0.5, 0.6) is 0 Å². The van der Waals surface area contributed by atoms with Crippen LogP contribution in [0.25, 0.3) is 0 Å². The van der Waals surface area contributed by atoms with Gasteiger partial charge in [0, 0.05) is 13.0 Å². The van der Waals surface area contributed by atoms with Crippen LogP contribution >= 0.6 is 11.3 Å². The Morgan fingerprint density at radius 3 is 3.06 bits per heavy atom. The second-order valence-electron chi connectivity index (χ2n) is 3.51. The molecule has 1 aliphatic rings. The molecular formula is C11H13NO3S. The molecule has 1 aliphatic heterocycles. The maximum Gasteiger partial charge on any atom is 0.341 e. The molecule has 1 saturated heterocycles. The summed E-state index contributed by atoms with van der Waals surface area (Å²) in [6.07, 6.45) is 1.43. The van der Waals surface area contributed by atoms with Crippen LogP contribution < -0.4 is 4.90 Å². The Hall–Kier alpha value is -1.36. The Balaban J connectivity index is 2.25. The molecule has 1 aromatic heterocycles. The number of hydrogen-bond donors (Lipinski definition) is 0. The van der Waals surface area contributed by atoms with Crippen LogP contribution in [0.4, 0.5) is 5.00 Å². The predicted molar refractivity (Wildman–Crippen MR) is 61.9 cm³/mol. The molecule has 0 spiro atoms. The molecule has 0 unspecified atom stereocenters. The molecule has 4 nitrogen and oxygen atoms in total. The molecule has 0 aromatic carbocycles. The number of esters is 1. The van der Waals surface area contributed by atoms with Crippen molar-refractivity contribution in [2.24, 2.45) is 0 Å². The lowest BCUT2D eigenvalue weighted by Gasteiger charge is -2.14. The molecule has 0 bridgehead atoms. The van der Waals surface area contributed by atoms with Crippen molar-refractivity contribution < 1.29 is 14.3 Å². The van der Waals surface area contributed by atoms with Gasteiger partial charge in [0.05, 0.1) is 12.2 Å². The van der Waals surface area contributed by atoms with Crippen LogP contribution in [-0.2, 0) is 9.53 Å². The average molecular weight is 239 g/mol. The number of rotatable bonds is 3. The van der Waals surface area contributed by atoms with Gasteiger partial charge in [0.15, 0.2) is 0 Å². The number of amides is 1. The van der Waals surface area contributed by atoms with Gasteiger partial charge in [0.2, 0.25) is 5.91 Å². The van der Waals surface area contributed by atoms with Gasteiger partial charge in [-0.1, -0.05) is 0 Å². The van der Waals surface area contributed by atoms with Crippen molar-refractivity contribution in [1.29, 1.82) is 0 Å². The van der Waals surface area contributed by atoms with Gasteiger partial charge in [0.25, 0.3) is 0 Å². The highest BCUT2D eigenvalue weighted by atomic mass is 32.1. The van der Waals surface area contributed by atoms with E-state index in [-0.39, 0.29) is 11.9 Å². The second-order valence-corrected chi connectivity index (χ2v) is 4.40.